The SMILES string of the molecule is CNC(=O)c1cc(C)c2ncccc2c1. The van der Waals surface area contributed by atoms with Crippen molar-refractivity contribution in [2.24, 2.45) is 0 Å². The maximum atomic E-state index is 11.5. The van der Waals surface area contributed by atoms with Crippen molar-refractivity contribution in [3.63, 3.8) is 0 Å². The highest BCUT2D eigenvalue weighted by Gasteiger charge is 2.06. The van der Waals surface area contributed by atoms with Gasteiger partial charge in [-0.3, -0.25) is 9.78 Å². The van der Waals surface area contributed by atoms with E-state index in [1.165, 1.54) is 0 Å². The number of aryl methyl sites for hydroxylation is 1. The molecule has 1 heterocycles. The molecule has 0 atom stereocenters. The molecule has 0 aliphatic rings. The van der Waals surface area contributed by atoms with Crippen LogP contribution in [0, 0.1) is 6.92 Å². The van der Waals surface area contributed by atoms with Crippen molar-refractivity contribution in [3.05, 3.63) is 41.6 Å². The Hall–Kier alpha value is -1.90. The fourth-order valence-corrected chi connectivity index (χ4v) is 1.65. The topological polar surface area (TPSA) is 42.0 Å². The van der Waals surface area contributed by atoms with Gasteiger partial charge in [-0.25, -0.2) is 0 Å². The molecule has 2 rings (SSSR count). The highest BCUT2D eigenvalue weighted by atomic mass is 16.1. The summed E-state index contributed by atoms with van der Waals surface area (Å²) in [5.74, 6) is -0.0659. The highest BCUT2D eigenvalue weighted by molar-refractivity contribution is 5.98. The van der Waals surface area contributed by atoms with Gasteiger partial charge in [-0.15, -0.1) is 0 Å². The predicted octanol–water partition coefficient (Wildman–Crippen LogP) is 1.90. The largest absolute Gasteiger partial charge is 0.355 e. The van der Waals surface area contributed by atoms with Crippen LogP contribution in [0.4, 0.5) is 0 Å². The Kier molecular flexibility index (Phi) is 2.37. The second-order valence-electron chi connectivity index (χ2n) is 3.45. The van der Waals surface area contributed by atoms with Gasteiger partial charge in [0.15, 0.2) is 0 Å². The number of benzene rings is 1. The van der Waals surface area contributed by atoms with Crippen LogP contribution >= 0.6 is 0 Å². The maximum Gasteiger partial charge on any atom is 0.251 e. The Morgan fingerprint density at radius 1 is 1.40 bits per heavy atom. The van der Waals surface area contributed by atoms with E-state index < -0.39 is 0 Å². The van der Waals surface area contributed by atoms with E-state index in [9.17, 15) is 4.79 Å². The number of pyridine rings is 1. The molecule has 0 fully saturated rings. The van der Waals surface area contributed by atoms with Gasteiger partial charge in [0.05, 0.1) is 5.52 Å². The van der Waals surface area contributed by atoms with Gasteiger partial charge in [0.2, 0.25) is 0 Å². The molecule has 3 heteroatoms. The number of fused-ring (bicyclic) bond motifs is 1. The first kappa shape index (κ1) is 9.65. The smallest absolute Gasteiger partial charge is 0.251 e. The van der Waals surface area contributed by atoms with Gasteiger partial charge < -0.3 is 5.32 Å². The summed E-state index contributed by atoms with van der Waals surface area (Å²) in [4.78, 5) is 15.8. The lowest BCUT2D eigenvalue weighted by molar-refractivity contribution is 0.0963. The summed E-state index contributed by atoms with van der Waals surface area (Å²) in [6, 6.07) is 7.54. The number of hydrogen-bond donors (Lipinski definition) is 1. The van der Waals surface area contributed by atoms with E-state index in [1.54, 1.807) is 13.2 Å². The Morgan fingerprint density at radius 3 is 2.93 bits per heavy atom. The number of nitrogens with one attached hydrogen (secondary N) is 1. The normalized spacial score (nSPS) is 10.3. The van der Waals surface area contributed by atoms with Crippen LogP contribution in [0.1, 0.15) is 15.9 Å². The minimum absolute atomic E-state index is 0.0659. The number of hydrogen-bond acceptors (Lipinski definition) is 2. The zero-order chi connectivity index (χ0) is 10.8. The van der Waals surface area contributed by atoms with Crippen molar-refractivity contribution < 1.29 is 4.79 Å². The molecule has 1 N–H and O–H groups in total. The first-order chi connectivity index (χ1) is 7.22. The predicted molar refractivity (Wildman–Crippen MR) is 59.9 cm³/mol. The van der Waals surface area contributed by atoms with Crippen LogP contribution in [-0.4, -0.2) is 17.9 Å². The molecule has 15 heavy (non-hydrogen) atoms. The van der Waals surface area contributed by atoms with E-state index in [0.29, 0.717) is 5.56 Å². The summed E-state index contributed by atoms with van der Waals surface area (Å²) >= 11 is 0. The molecule has 76 valence electrons. The average molecular weight is 200 g/mol. The van der Waals surface area contributed by atoms with E-state index in [2.05, 4.69) is 10.3 Å². The van der Waals surface area contributed by atoms with Crippen molar-refractivity contribution in [3.8, 4) is 0 Å². The minimum Gasteiger partial charge on any atom is -0.355 e. The fraction of sp³-hybridized carbons (Fsp3) is 0.167. The van der Waals surface area contributed by atoms with Crippen LogP contribution in [0.3, 0.4) is 0 Å². The zero-order valence-electron chi connectivity index (χ0n) is 8.74. The number of aromatic nitrogens is 1. The number of rotatable bonds is 1. The van der Waals surface area contributed by atoms with E-state index in [4.69, 9.17) is 0 Å². The molecule has 1 aromatic carbocycles. The molecule has 0 saturated carbocycles. The summed E-state index contributed by atoms with van der Waals surface area (Å²) in [5, 5.41) is 3.61. The van der Waals surface area contributed by atoms with Gasteiger partial charge in [-0.2, -0.15) is 0 Å². The first-order valence-corrected chi connectivity index (χ1v) is 4.80. The van der Waals surface area contributed by atoms with Crippen molar-refractivity contribution in [1.82, 2.24) is 10.3 Å². The van der Waals surface area contributed by atoms with Gasteiger partial charge in [0.25, 0.3) is 5.91 Å². The molecule has 0 saturated heterocycles. The van der Waals surface area contributed by atoms with E-state index in [-0.39, 0.29) is 5.91 Å². The quantitative estimate of drug-likeness (QED) is 0.764. The van der Waals surface area contributed by atoms with Crippen molar-refractivity contribution in [2.75, 3.05) is 7.05 Å². The minimum atomic E-state index is -0.0659. The van der Waals surface area contributed by atoms with Crippen LogP contribution < -0.4 is 5.32 Å². The standard InChI is InChI=1S/C12H12N2O/c1-8-6-10(12(15)13-2)7-9-4-3-5-14-11(8)9/h3-7H,1-2H3,(H,13,15). The molecular formula is C12H12N2O. The van der Waals surface area contributed by atoms with Gasteiger partial charge in [-0.05, 0) is 30.7 Å². The van der Waals surface area contributed by atoms with Gasteiger partial charge in [0, 0.05) is 24.2 Å². The lowest BCUT2D eigenvalue weighted by Gasteiger charge is -2.05. The maximum absolute atomic E-state index is 11.5. The molecule has 0 aliphatic heterocycles. The van der Waals surface area contributed by atoms with Crippen molar-refractivity contribution >= 4 is 16.8 Å². The molecule has 0 radical (unpaired) electrons. The number of nitrogens with zero attached hydrogens (tertiary/aromatic N) is 1. The Balaban J connectivity index is 2.67. The molecule has 0 spiro atoms. The monoisotopic (exact) mass is 200 g/mol. The molecule has 0 bridgehead atoms. The molecular weight excluding hydrogens is 188 g/mol. The molecule has 1 amide bonds. The third-order valence-corrected chi connectivity index (χ3v) is 2.38. The van der Waals surface area contributed by atoms with Crippen molar-refractivity contribution in [1.29, 1.82) is 0 Å². The lowest BCUT2D eigenvalue weighted by Crippen LogP contribution is -2.17. The summed E-state index contributed by atoms with van der Waals surface area (Å²) in [7, 11) is 1.63. The Labute approximate surface area is 88.1 Å². The average Bonchev–Trinajstić information content (AvgIpc) is 2.28. The molecule has 1 aromatic heterocycles. The summed E-state index contributed by atoms with van der Waals surface area (Å²) in [5.41, 5.74) is 2.65. The lowest BCUT2D eigenvalue weighted by atomic mass is 10.1. The first-order valence-electron chi connectivity index (χ1n) is 4.80. The second kappa shape index (κ2) is 3.69. The van der Waals surface area contributed by atoms with Gasteiger partial charge in [0.1, 0.15) is 0 Å². The fourth-order valence-electron chi connectivity index (χ4n) is 1.65. The third-order valence-electron chi connectivity index (χ3n) is 2.38. The van der Waals surface area contributed by atoms with Gasteiger partial charge >= 0.3 is 0 Å². The number of carbonyl (C=O) groups excluding carboxylic acids is 1. The summed E-state index contributed by atoms with van der Waals surface area (Å²) in [6.07, 6.45) is 1.76. The number of amides is 1. The van der Waals surface area contributed by atoms with Crippen LogP contribution in [0.2, 0.25) is 0 Å². The molecule has 3 nitrogen and oxygen atoms in total. The third kappa shape index (κ3) is 1.68. The zero-order valence-corrected chi connectivity index (χ0v) is 8.74. The van der Waals surface area contributed by atoms with Gasteiger partial charge in [-0.1, -0.05) is 6.07 Å². The molecule has 2 aromatic rings. The van der Waals surface area contributed by atoms with E-state index >= 15 is 0 Å². The molecule has 0 aliphatic carbocycles. The Bertz CT molecular complexity index is 520. The van der Waals surface area contributed by atoms with Crippen LogP contribution in [0.25, 0.3) is 10.9 Å². The van der Waals surface area contributed by atoms with E-state index in [1.807, 2.05) is 31.2 Å². The number of carbonyl (C=O) groups is 1. The second-order valence-corrected chi connectivity index (χ2v) is 3.45. The summed E-state index contributed by atoms with van der Waals surface area (Å²) < 4.78 is 0. The van der Waals surface area contributed by atoms with Crippen LogP contribution in [-0.2, 0) is 0 Å². The Morgan fingerprint density at radius 2 is 2.20 bits per heavy atom. The highest BCUT2D eigenvalue weighted by Crippen LogP contribution is 2.17. The summed E-state index contributed by atoms with van der Waals surface area (Å²) in [6.45, 7) is 1.96. The molecule has 0 unspecified atom stereocenters. The van der Waals surface area contributed by atoms with Crippen LogP contribution in [0.5, 0.6) is 0 Å². The van der Waals surface area contributed by atoms with Crippen LogP contribution in [0.15, 0.2) is 30.5 Å². The van der Waals surface area contributed by atoms with Crippen molar-refractivity contribution in [2.45, 2.75) is 6.92 Å². The van der Waals surface area contributed by atoms with E-state index in [0.717, 1.165) is 16.5 Å².